The van der Waals surface area contributed by atoms with Gasteiger partial charge in [0.2, 0.25) is 0 Å². The van der Waals surface area contributed by atoms with Crippen molar-refractivity contribution in [3.8, 4) is 0 Å². The van der Waals surface area contributed by atoms with E-state index in [1.807, 2.05) is 0 Å². The van der Waals surface area contributed by atoms with Gasteiger partial charge in [0.05, 0.1) is 4.47 Å². The van der Waals surface area contributed by atoms with E-state index >= 15 is 0 Å². The molecule has 0 fully saturated rings. The second-order valence-electron chi connectivity index (χ2n) is 3.75. The number of hydrogen-bond donors (Lipinski definition) is 1. The number of rotatable bonds is 2. The Hall–Kier alpha value is -1.07. The summed E-state index contributed by atoms with van der Waals surface area (Å²) in [6.45, 7) is 4.16. The van der Waals surface area contributed by atoms with Gasteiger partial charge in [-0.15, -0.1) is 0 Å². The van der Waals surface area contributed by atoms with Crippen LogP contribution in [0.4, 0.5) is 5.82 Å². The molecule has 0 saturated carbocycles. The van der Waals surface area contributed by atoms with Gasteiger partial charge in [0.25, 0.3) is 0 Å². The molecule has 0 amide bonds. The summed E-state index contributed by atoms with van der Waals surface area (Å²) in [6.07, 6.45) is 1.48. The smallest absolute Gasteiger partial charge is 0.142 e. The van der Waals surface area contributed by atoms with E-state index in [1.54, 1.807) is 11.8 Å². The SMILES string of the molecule is Cc1ccc(C)c(Sc2ncnc(N)c2Br)c1. The maximum Gasteiger partial charge on any atom is 0.142 e. The van der Waals surface area contributed by atoms with Crippen LogP contribution in [0.1, 0.15) is 11.1 Å². The highest BCUT2D eigenvalue weighted by Gasteiger charge is 2.09. The number of nitrogens with two attached hydrogens (primary N) is 1. The van der Waals surface area contributed by atoms with Crippen LogP contribution in [-0.4, -0.2) is 9.97 Å². The number of aromatic nitrogens is 2. The number of anilines is 1. The van der Waals surface area contributed by atoms with Crippen LogP contribution in [0.5, 0.6) is 0 Å². The molecule has 1 aromatic carbocycles. The molecule has 88 valence electrons. The minimum Gasteiger partial charge on any atom is -0.383 e. The van der Waals surface area contributed by atoms with Crippen molar-refractivity contribution in [2.75, 3.05) is 5.73 Å². The maximum atomic E-state index is 5.73. The summed E-state index contributed by atoms with van der Waals surface area (Å²) >= 11 is 5.00. The molecule has 2 rings (SSSR count). The van der Waals surface area contributed by atoms with Crippen LogP contribution in [0.15, 0.2) is 38.9 Å². The molecule has 0 radical (unpaired) electrons. The summed E-state index contributed by atoms with van der Waals surface area (Å²) in [7, 11) is 0. The molecule has 0 saturated heterocycles. The molecule has 3 nitrogen and oxygen atoms in total. The van der Waals surface area contributed by atoms with E-state index in [0.29, 0.717) is 5.82 Å². The molecule has 0 aliphatic carbocycles. The van der Waals surface area contributed by atoms with Crippen molar-refractivity contribution in [1.82, 2.24) is 9.97 Å². The van der Waals surface area contributed by atoms with Gasteiger partial charge < -0.3 is 5.73 Å². The minimum absolute atomic E-state index is 0.466. The van der Waals surface area contributed by atoms with Gasteiger partial charge in [-0.05, 0) is 47.0 Å². The predicted molar refractivity (Wildman–Crippen MR) is 74.2 cm³/mol. The Kier molecular flexibility index (Phi) is 3.69. The van der Waals surface area contributed by atoms with E-state index < -0.39 is 0 Å². The highest BCUT2D eigenvalue weighted by atomic mass is 79.9. The van der Waals surface area contributed by atoms with Gasteiger partial charge in [0, 0.05) is 4.90 Å². The third-order valence-corrected chi connectivity index (χ3v) is 4.54. The first-order chi connectivity index (χ1) is 8.08. The lowest BCUT2D eigenvalue weighted by molar-refractivity contribution is 1.03. The second-order valence-corrected chi connectivity index (χ2v) is 5.57. The van der Waals surface area contributed by atoms with Gasteiger partial charge in [-0.25, -0.2) is 9.97 Å². The third kappa shape index (κ3) is 2.79. The highest BCUT2D eigenvalue weighted by molar-refractivity contribution is 9.10. The Bertz CT molecular complexity index is 557. The molecule has 2 N–H and O–H groups in total. The molecule has 0 aliphatic heterocycles. The van der Waals surface area contributed by atoms with Crippen LogP contribution in [0.2, 0.25) is 0 Å². The summed E-state index contributed by atoms with van der Waals surface area (Å²) in [5.41, 5.74) is 8.19. The fourth-order valence-electron chi connectivity index (χ4n) is 1.36. The van der Waals surface area contributed by atoms with Crippen LogP contribution < -0.4 is 5.73 Å². The molecule has 5 heteroatoms. The molecule has 0 atom stereocenters. The number of benzene rings is 1. The number of halogens is 1. The van der Waals surface area contributed by atoms with Crippen LogP contribution in [-0.2, 0) is 0 Å². The zero-order valence-electron chi connectivity index (χ0n) is 9.57. The molecule has 1 heterocycles. The summed E-state index contributed by atoms with van der Waals surface area (Å²) in [5, 5.41) is 0.839. The summed E-state index contributed by atoms with van der Waals surface area (Å²) in [4.78, 5) is 9.34. The Morgan fingerprint density at radius 1 is 1.24 bits per heavy atom. The summed E-state index contributed by atoms with van der Waals surface area (Å²) in [5.74, 6) is 0.466. The molecule has 1 aromatic heterocycles. The van der Waals surface area contributed by atoms with Gasteiger partial charge in [0.15, 0.2) is 0 Å². The standard InChI is InChI=1S/C12H12BrN3S/c1-7-3-4-8(2)9(5-7)17-12-10(13)11(14)15-6-16-12/h3-6H,1-2H3,(H2,14,15,16). The zero-order chi connectivity index (χ0) is 12.4. The number of nitrogen functional groups attached to an aromatic ring is 1. The van der Waals surface area contributed by atoms with Crippen LogP contribution in [0.3, 0.4) is 0 Å². The Morgan fingerprint density at radius 2 is 2.00 bits per heavy atom. The minimum atomic E-state index is 0.466. The number of aryl methyl sites for hydroxylation is 2. The quantitative estimate of drug-likeness (QED) is 0.861. The maximum absolute atomic E-state index is 5.73. The van der Waals surface area contributed by atoms with Gasteiger partial charge in [-0.3, -0.25) is 0 Å². The lowest BCUT2D eigenvalue weighted by Gasteiger charge is -2.08. The third-order valence-electron chi connectivity index (χ3n) is 2.33. The number of nitrogens with zero attached hydrogens (tertiary/aromatic N) is 2. The van der Waals surface area contributed by atoms with Crippen LogP contribution in [0, 0.1) is 13.8 Å². The average Bonchev–Trinajstić information content (AvgIpc) is 2.30. The molecule has 0 spiro atoms. The van der Waals surface area contributed by atoms with E-state index in [9.17, 15) is 0 Å². The first-order valence-corrected chi connectivity index (χ1v) is 6.70. The van der Waals surface area contributed by atoms with Crippen molar-refractivity contribution in [3.63, 3.8) is 0 Å². The lowest BCUT2D eigenvalue weighted by atomic mass is 10.2. The van der Waals surface area contributed by atoms with Crippen molar-refractivity contribution in [2.45, 2.75) is 23.8 Å². The second kappa shape index (κ2) is 5.06. The van der Waals surface area contributed by atoms with Crippen molar-refractivity contribution in [2.24, 2.45) is 0 Å². The lowest BCUT2D eigenvalue weighted by Crippen LogP contribution is -1.95. The van der Waals surface area contributed by atoms with Gasteiger partial charge in [-0.1, -0.05) is 23.9 Å². The van der Waals surface area contributed by atoms with E-state index in [-0.39, 0.29) is 0 Å². The van der Waals surface area contributed by atoms with E-state index in [0.717, 1.165) is 9.50 Å². The fourth-order valence-corrected chi connectivity index (χ4v) is 2.78. The summed E-state index contributed by atoms with van der Waals surface area (Å²) in [6, 6.07) is 6.35. The monoisotopic (exact) mass is 309 g/mol. The first-order valence-electron chi connectivity index (χ1n) is 5.09. The van der Waals surface area contributed by atoms with Gasteiger partial charge >= 0.3 is 0 Å². The summed E-state index contributed by atoms with van der Waals surface area (Å²) < 4.78 is 0.755. The molecule has 0 unspecified atom stereocenters. The van der Waals surface area contributed by atoms with Crippen LogP contribution >= 0.6 is 27.7 Å². The fraction of sp³-hybridized carbons (Fsp3) is 0.167. The highest BCUT2D eigenvalue weighted by Crippen LogP contribution is 2.35. The van der Waals surface area contributed by atoms with Crippen LogP contribution in [0.25, 0.3) is 0 Å². The van der Waals surface area contributed by atoms with E-state index in [1.165, 1.54) is 22.3 Å². The zero-order valence-corrected chi connectivity index (χ0v) is 12.0. The van der Waals surface area contributed by atoms with Crippen molar-refractivity contribution >= 4 is 33.5 Å². The number of hydrogen-bond acceptors (Lipinski definition) is 4. The molecular weight excluding hydrogens is 298 g/mol. The Balaban J connectivity index is 2.38. The van der Waals surface area contributed by atoms with Crippen molar-refractivity contribution < 1.29 is 0 Å². The Morgan fingerprint density at radius 3 is 2.76 bits per heavy atom. The largest absolute Gasteiger partial charge is 0.383 e. The van der Waals surface area contributed by atoms with E-state index in [2.05, 4.69) is 57.9 Å². The molecule has 0 aliphatic rings. The molecular formula is C12H12BrN3S. The Labute approximate surface area is 113 Å². The first kappa shape index (κ1) is 12.4. The van der Waals surface area contributed by atoms with Crippen molar-refractivity contribution in [3.05, 3.63) is 40.1 Å². The van der Waals surface area contributed by atoms with Gasteiger partial charge in [0.1, 0.15) is 17.2 Å². The predicted octanol–water partition coefficient (Wildman–Crippen LogP) is 3.59. The van der Waals surface area contributed by atoms with Gasteiger partial charge in [-0.2, -0.15) is 0 Å². The normalized spacial score (nSPS) is 10.5. The molecule has 17 heavy (non-hydrogen) atoms. The average molecular weight is 310 g/mol. The topological polar surface area (TPSA) is 51.8 Å². The molecule has 2 aromatic rings. The van der Waals surface area contributed by atoms with Crippen molar-refractivity contribution in [1.29, 1.82) is 0 Å². The molecule has 0 bridgehead atoms. The van der Waals surface area contributed by atoms with E-state index in [4.69, 9.17) is 5.73 Å².